The Bertz CT molecular complexity index is 561. The highest BCUT2D eigenvalue weighted by Crippen LogP contribution is 2.44. The molecule has 1 aromatic rings. The lowest BCUT2D eigenvalue weighted by atomic mass is 9.64. The molecule has 1 amide bonds. The number of anilines is 1. The van der Waals surface area contributed by atoms with Gasteiger partial charge >= 0.3 is 0 Å². The highest BCUT2D eigenvalue weighted by molar-refractivity contribution is 6.33. The van der Waals surface area contributed by atoms with Crippen molar-refractivity contribution in [3.8, 4) is 0 Å². The first kappa shape index (κ1) is 15.5. The maximum Gasteiger partial charge on any atom is 0.271 e. The van der Waals surface area contributed by atoms with Crippen molar-refractivity contribution in [2.24, 2.45) is 11.3 Å². The Kier molecular flexibility index (Phi) is 4.26. The number of carbonyl (C=O) groups excluding carboxylic acids is 1. The number of aromatic nitrogens is 2. The first-order valence-corrected chi connectivity index (χ1v) is 8.38. The minimum absolute atomic E-state index is 0.197. The second-order valence-corrected chi connectivity index (χ2v) is 7.62. The lowest BCUT2D eigenvalue weighted by molar-refractivity contribution is 0.0804. The molecule has 1 saturated carbocycles. The van der Waals surface area contributed by atoms with Gasteiger partial charge in [-0.1, -0.05) is 25.4 Å². The third kappa shape index (κ3) is 3.35. The van der Waals surface area contributed by atoms with E-state index in [0.717, 1.165) is 38.8 Å². The Morgan fingerprint density at radius 3 is 2.73 bits per heavy atom. The molecule has 120 valence electrons. The van der Waals surface area contributed by atoms with Crippen molar-refractivity contribution in [2.45, 2.75) is 39.5 Å². The predicted molar refractivity (Wildman–Crippen MR) is 87.3 cm³/mol. The lowest BCUT2D eigenvalue weighted by Crippen LogP contribution is -2.40. The van der Waals surface area contributed by atoms with Crippen molar-refractivity contribution in [1.29, 1.82) is 0 Å². The van der Waals surface area contributed by atoms with Crippen molar-refractivity contribution in [3.05, 3.63) is 16.9 Å². The summed E-state index contributed by atoms with van der Waals surface area (Å²) in [5, 5.41) is 3.28. The SMILES string of the molecule is CC1(C)CC(CNC(=O)c2nc(N3CCCC3)ncc2Cl)C1. The molecular formula is C16H23ClN4O. The van der Waals surface area contributed by atoms with Crippen LogP contribution in [0.15, 0.2) is 6.20 Å². The summed E-state index contributed by atoms with van der Waals surface area (Å²) >= 11 is 6.10. The van der Waals surface area contributed by atoms with Gasteiger partial charge in [-0.15, -0.1) is 0 Å². The van der Waals surface area contributed by atoms with Crippen LogP contribution in [0.5, 0.6) is 0 Å². The number of nitrogens with zero attached hydrogens (tertiary/aromatic N) is 3. The monoisotopic (exact) mass is 322 g/mol. The van der Waals surface area contributed by atoms with Crippen LogP contribution in [0.4, 0.5) is 5.95 Å². The maximum atomic E-state index is 12.3. The Labute approximate surface area is 136 Å². The Morgan fingerprint density at radius 2 is 2.09 bits per heavy atom. The van der Waals surface area contributed by atoms with Crippen molar-refractivity contribution < 1.29 is 4.79 Å². The summed E-state index contributed by atoms with van der Waals surface area (Å²) < 4.78 is 0. The Balaban J connectivity index is 1.62. The van der Waals surface area contributed by atoms with E-state index in [4.69, 9.17) is 11.6 Å². The molecule has 0 unspecified atom stereocenters. The average molecular weight is 323 g/mol. The first-order valence-electron chi connectivity index (χ1n) is 8.00. The van der Waals surface area contributed by atoms with Crippen LogP contribution < -0.4 is 10.2 Å². The topological polar surface area (TPSA) is 58.1 Å². The molecular weight excluding hydrogens is 300 g/mol. The summed E-state index contributed by atoms with van der Waals surface area (Å²) in [6.45, 7) is 7.10. The van der Waals surface area contributed by atoms with Crippen LogP contribution in [-0.2, 0) is 0 Å². The zero-order valence-corrected chi connectivity index (χ0v) is 14.0. The maximum absolute atomic E-state index is 12.3. The van der Waals surface area contributed by atoms with Crippen molar-refractivity contribution >= 4 is 23.5 Å². The van der Waals surface area contributed by atoms with Gasteiger partial charge in [0.05, 0.1) is 11.2 Å². The smallest absolute Gasteiger partial charge is 0.271 e. The van der Waals surface area contributed by atoms with E-state index in [1.165, 1.54) is 6.20 Å². The van der Waals surface area contributed by atoms with Gasteiger partial charge in [0.15, 0.2) is 5.69 Å². The van der Waals surface area contributed by atoms with E-state index in [9.17, 15) is 4.79 Å². The predicted octanol–water partition coefficient (Wildman–Crippen LogP) is 2.90. The molecule has 3 rings (SSSR count). The summed E-state index contributed by atoms with van der Waals surface area (Å²) in [4.78, 5) is 23.1. The number of hydrogen-bond donors (Lipinski definition) is 1. The molecule has 0 spiro atoms. The van der Waals surface area contributed by atoms with Crippen LogP contribution >= 0.6 is 11.6 Å². The van der Waals surface area contributed by atoms with Crippen LogP contribution in [0.1, 0.15) is 50.0 Å². The summed E-state index contributed by atoms with van der Waals surface area (Å²) in [5.41, 5.74) is 0.711. The minimum atomic E-state index is -0.197. The first-order chi connectivity index (χ1) is 10.4. The van der Waals surface area contributed by atoms with Crippen molar-refractivity contribution in [2.75, 3.05) is 24.5 Å². The second kappa shape index (κ2) is 6.03. The molecule has 1 aromatic heterocycles. The van der Waals surface area contributed by atoms with Gasteiger partial charge in [-0.2, -0.15) is 0 Å². The number of nitrogens with one attached hydrogen (secondary N) is 1. The normalized spacial score (nSPS) is 20.8. The lowest BCUT2D eigenvalue weighted by Gasteiger charge is -2.42. The fraction of sp³-hybridized carbons (Fsp3) is 0.688. The van der Waals surface area contributed by atoms with Gasteiger partial charge in [0.1, 0.15) is 0 Å². The summed E-state index contributed by atoms with van der Waals surface area (Å²) in [6.07, 6.45) is 6.13. The number of amides is 1. The Morgan fingerprint density at radius 1 is 1.41 bits per heavy atom. The average Bonchev–Trinajstić information content (AvgIpc) is 2.97. The molecule has 0 radical (unpaired) electrons. The van der Waals surface area contributed by atoms with E-state index >= 15 is 0 Å². The molecule has 2 aliphatic rings. The van der Waals surface area contributed by atoms with Gasteiger partial charge in [-0.3, -0.25) is 4.79 Å². The zero-order chi connectivity index (χ0) is 15.7. The molecule has 22 heavy (non-hydrogen) atoms. The van der Waals surface area contributed by atoms with Crippen LogP contribution in [0.25, 0.3) is 0 Å². The molecule has 0 atom stereocenters. The van der Waals surface area contributed by atoms with Gasteiger partial charge in [-0.25, -0.2) is 9.97 Å². The molecule has 2 heterocycles. The number of hydrogen-bond acceptors (Lipinski definition) is 4. The largest absolute Gasteiger partial charge is 0.350 e. The number of carbonyl (C=O) groups is 1. The van der Waals surface area contributed by atoms with Crippen LogP contribution in [0, 0.1) is 11.3 Å². The van der Waals surface area contributed by atoms with Crippen molar-refractivity contribution in [1.82, 2.24) is 15.3 Å². The summed E-state index contributed by atoms with van der Waals surface area (Å²) in [7, 11) is 0. The van der Waals surface area contributed by atoms with Crippen LogP contribution in [0.3, 0.4) is 0 Å². The van der Waals surface area contributed by atoms with E-state index < -0.39 is 0 Å². The third-order valence-electron chi connectivity index (χ3n) is 4.57. The van der Waals surface area contributed by atoms with Gasteiger partial charge in [0.2, 0.25) is 5.95 Å². The third-order valence-corrected chi connectivity index (χ3v) is 4.85. The van der Waals surface area contributed by atoms with E-state index in [-0.39, 0.29) is 11.6 Å². The molecule has 1 aliphatic heterocycles. The second-order valence-electron chi connectivity index (χ2n) is 7.21. The molecule has 1 saturated heterocycles. The molecule has 6 heteroatoms. The zero-order valence-electron chi connectivity index (χ0n) is 13.2. The minimum Gasteiger partial charge on any atom is -0.350 e. The quantitative estimate of drug-likeness (QED) is 0.926. The fourth-order valence-corrected chi connectivity index (χ4v) is 3.73. The fourth-order valence-electron chi connectivity index (χ4n) is 3.55. The summed E-state index contributed by atoms with van der Waals surface area (Å²) in [6, 6.07) is 0. The highest BCUT2D eigenvalue weighted by Gasteiger charge is 2.36. The standard InChI is InChI=1S/C16H23ClN4O/c1-16(2)7-11(8-16)9-18-14(22)13-12(17)10-19-15(20-13)21-5-3-4-6-21/h10-11H,3-9H2,1-2H3,(H,18,22). The highest BCUT2D eigenvalue weighted by atomic mass is 35.5. The van der Waals surface area contributed by atoms with Gasteiger partial charge in [-0.05, 0) is 37.0 Å². The van der Waals surface area contributed by atoms with E-state index in [2.05, 4.69) is 34.0 Å². The van der Waals surface area contributed by atoms with Crippen LogP contribution in [-0.4, -0.2) is 35.5 Å². The number of halogens is 1. The molecule has 2 fully saturated rings. The van der Waals surface area contributed by atoms with Crippen LogP contribution in [0.2, 0.25) is 5.02 Å². The molecule has 0 bridgehead atoms. The van der Waals surface area contributed by atoms with Gasteiger partial charge < -0.3 is 10.2 Å². The van der Waals surface area contributed by atoms with Crippen molar-refractivity contribution in [3.63, 3.8) is 0 Å². The number of rotatable bonds is 4. The van der Waals surface area contributed by atoms with E-state index in [1.807, 2.05) is 0 Å². The Hall–Kier alpha value is -1.36. The van der Waals surface area contributed by atoms with E-state index in [1.54, 1.807) is 0 Å². The molecule has 0 aromatic carbocycles. The van der Waals surface area contributed by atoms with Gasteiger partial charge in [0.25, 0.3) is 5.91 Å². The van der Waals surface area contributed by atoms with Gasteiger partial charge in [0, 0.05) is 19.6 Å². The molecule has 5 nitrogen and oxygen atoms in total. The van der Waals surface area contributed by atoms with E-state index in [0.29, 0.717) is 28.8 Å². The molecule has 1 aliphatic carbocycles. The summed E-state index contributed by atoms with van der Waals surface area (Å²) in [5.74, 6) is 0.979. The molecule has 1 N–H and O–H groups in total.